The zero-order valence-electron chi connectivity index (χ0n) is 15.0. The van der Waals surface area contributed by atoms with Crippen LogP contribution in [-0.2, 0) is 21.8 Å². The van der Waals surface area contributed by atoms with E-state index < -0.39 is 27.5 Å². The van der Waals surface area contributed by atoms with Gasteiger partial charge >= 0.3 is 6.18 Å². The second-order valence-corrected chi connectivity index (χ2v) is 9.64. The summed E-state index contributed by atoms with van der Waals surface area (Å²) in [6.45, 7) is 0. The van der Waals surface area contributed by atoms with E-state index in [4.69, 9.17) is 0 Å². The predicted octanol–water partition coefficient (Wildman–Crippen LogP) is 5.00. The van der Waals surface area contributed by atoms with Gasteiger partial charge in [0.1, 0.15) is 0 Å². The molecule has 1 aliphatic heterocycles. The average molecular weight is 437 g/mol. The lowest BCUT2D eigenvalue weighted by molar-refractivity contribution is -0.137. The SMILES string of the molecule is CN(C(=O)c1cc2c(s1)-c1ccccc1S(=O)(=O)C2)c1cccc(C(F)(F)F)c1. The van der Waals surface area contributed by atoms with E-state index in [1.807, 2.05) is 0 Å². The molecule has 0 bridgehead atoms. The van der Waals surface area contributed by atoms with E-state index in [0.717, 1.165) is 28.4 Å². The molecule has 0 saturated carbocycles. The minimum Gasteiger partial charge on any atom is -0.311 e. The van der Waals surface area contributed by atoms with Crippen LogP contribution < -0.4 is 4.90 Å². The van der Waals surface area contributed by atoms with Crippen molar-refractivity contribution in [1.82, 2.24) is 0 Å². The number of sulfone groups is 1. The van der Waals surface area contributed by atoms with E-state index in [0.29, 0.717) is 16.0 Å². The molecule has 150 valence electrons. The van der Waals surface area contributed by atoms with Crippen molar-refractivity contribution in [1.29, 1.82) is 0 Å². The fourth-order valence-corrected chi connectivity index (χ4v) is 6.19. The molecule has 0 atom stereocenters. The van der Waals surface area contributed by atoms with Crippen molar-refractivity contribution in [2.45, 2.75) is 16.8 Å². The molecule has 3 aromatic rings. The number of amides is 1. The van der Waals surface area contributed by atoms with Gasteiger partial charge in [0.25, 0.3) is 5.91 Å². The van der Waals surface area contributed by atoms with Crippen molar-refractivity contribution in [3.63, 3.8) is 0 Å². The number of benzene rings is 2. The van der Waals surface area contributed by atoms with E-state index in [1.165, 1.54) is 31.3 Å². The summed E-state index contributed by atoms with van der Waals surface area (Å²) in [7, 11) is -2.12. The molecule has 29 heavy (non-hydrogen) atoms. The molecule has 2 aromatic carbocycles. The lowest BCUT2D eigenvalue weighted by atomic mass is 10.1. The first kappa shape index (κ1) is 19.7. The summed E-state index contributed by atoms with van der Waals surface area (Å²) in [5.74, 6) is -0.713. The number of hydrogen-bond donors (Lipinski definition) is 0. The number of anilines is 1. The summed E-state index contributed by atoms with van der Waals surface area (Å²) < 4.78 is 63.9. The van der Waals surface area contributed by atoms with Crippen molar-refractivity contribution in [2.75, 3.05) is 11.9 Å². The summed E-state index contributed by atoms with van der Waals surface area (Å²) in [4.78, 5) is 15.2. The van der Waals surface area contributed by atoms with Gasteiger partial charge in [-0.2, -0.15) is 13.2 Å². The normalized spacial score (nSPS) is 14.8. The number of carbonyl (C=O) groups excluding carboxylic acids is 1. The van der Waals surface area contributed by atoms with Gasteiger partial charge < -0.3 is 4.90 Å². The molecule has 9 heteroatoms. The molecule has 0 radical (unpaired) electrons. The van der Waals surface area contributed by atoms with E-state index in [-0.39, 0.29) is 21.2 Å². The van der Waals surface area contributed by atoms with Crippen LogP contribution in [0.2, 0.25) is 0 Å². The van der Waals surface area contributed by atoms with Crippen molar-refractivity contribution >= 4 is 32.8 Å². The van der Waals surface area contributed by atoms with Gasteiger partial charge in [0.15, 0.2) is 9.84 Å². The predicted molar refractivity (Wildman–Crippen MR) is 105 cm³/mol. The van der Waals surface area contributed by atoms with Gasteiger partial charge in [0, 0.05) is 23.2 Å². The van der Waals surface area contributed by atoms with E-state index in [2.05, 4.69) is 0 Å². The largest absolute Gasteiger partial charge is 0.416 e. The van der Waals surface area contributed by atoms with Crippen LogP contribution >= 0.6 is 11.3 Å². The number of fused-ring (bicyclic) bond motifs is 3. The Hall–Kier alpha value is -2.65. The monoisotopic (exact) mass is 437 g/mol. The van der Waals surface area contributed by atoms with Crippen LogP contribution in [0.1, 0.15) is 20.8 Å². The fourth-order valence-electron chi connectivity index (χ4n) is 3.25. The molecular weight excluding hydrogens is 423 g/mol. The Balaban J connectivity index is 1.72. The van der Waals surface area contributed by atoms with Crippen molar-refractivity contribution < 1.29 is 26.4 Å². The van der Waals surface area contributed by atoms with Gasteiger partial charge in [-0.3, -0.25) is 4.79 Å². The highest BCUT2D eigenvalue weighted by molar-refractivity contribution is 7.91. The number of halogens is 3. The van der Waals surface area contributed by atoms with Crippen LogP contribution in [0.4, 0.5) is 18.9 Å². The van der Waals surface area contributed by atoms with Gasteiger partial charge in [-0.25, -0.2) is 8.42 Å². The maximum Gasteiger partial charge on any atom is 0.416 e. The number of thiophene rings is 1. The lowest BCUT2D eigenvalue weighted by Gasteiger charge is -2.18. The van der Waals surface area contributed by atoms with Crippen molar-refractivity contribution in [2.24, 2.45) is 0 Å². The molecule has 1 aliphatic rings. The number of carbonyl (C=O) groups is 1. The second-order valence-electron chi connectivity index (χ2n) is 6.63. The smallest absolute Gasteiger partial charge is 0.311 e. The highest BCUT2D eigenvalue weighted by Crippen LogP contribution is 2.43. The Morgan fingerprint density at radius 3 is 2.52 bits per heavy atom. The Bertz CT molecular complexity index is 1230. The second kappa shape index (κ2) is 6.70. The van der Waals surface area contributed by atoms with Gasteiger partial charge in [-0.05, 0) is 35.9 Å². The number of alkyl halides is 3. The van der Waals surface area contributed by atoms with Crippen LogP contribution in [0.25, 0.3) is 10.4 Å². The van der Waals surface area contributed by atoms with E-state index >= 15 is 0 Å². The number of nitrogens with zero attached hydrogens (tertiary/aromatic N) is 1. The summed E-state index contributed by atoms with van der Waals surface area (Å²) >= 11 is 1.14. The molecule has 1 amide bonds. The van der Waals surface area contributed by atoms with Crippen molar-refractivity contribution in [3.8, 4) is 10.4 Å². The molecule has 4 nitrogen and oxygen atoms in total. The van der Waals surface area contributed by atoms with Gasteiger partial charge in [0.05, 0.1) is 21.1 Å². The Kier molecular flexibility index (Phi) is 4.54. The highest BCUT2D eigenvalue weighted by Gasteiger charge is 2.33. The summed E-state index contributed by atoms with van der Waals surface area (Å²) in [6.07, 6.45) is -4.51. The third-order valence-electron chi connectivity index (χ3n) is 4.70. The zero-order chi connectivity index (χ0) is 21.0. The number of hydrogen-bond acceptors (Lipinski definition) is 4. The van der Waals surface area contributed by atoms with E-state index in [9.17, 15) is 26.4 Å². The average Bonchev–Trinajstić information content (AvgIpc) is 3.09. The molecule has 4 rings (SSSR count). The van der Waals surface area contributed by atoms with Crippen LogP contribution in [-0.4, -0.2) is 21.4 Å². The fraction of sp³-hybridized carbons (Fsp3) is 0.150. The minimum atomic E-state index is -4.51. The first-order valence-electron chi connectivity index (χ1n) is 8.48. The van der Waals surface area contributed by atoms with Crippen LogP contribution in [0, 0.1) is 0 Å². The summed E-state index contributed by atoms with van der Waals surface area (Å²) in [5.41, 5.74) is 0.318. The topological polar surface area (TPSA) is 54.5 Å². The van der Waals surface area contributed by atoms with Crippen LogP contribution in [0.3, 0.4) is 0 Å². The molecule has 0 unspecified atom stereocenters. The maximum absolute atomic E-state index is 13.0. The van der Waals surface area contributed by atoms with Gasteiger partial charge in [0.2, 0.25) is 0 Å². The van der Waals surface area contributed by atoms with E-state index in [1.54, 1.807) is 18.2 Å². The maximum atomic E-state index is 13.0. The first-order valence-corrected chi connectivity index (χ1v) is 10.9. The van der Waals surface area contributed by atoms with Crippen LogP contribution in [0.15, 0.2) is 59.5 Å². The third-order valence-corrected chi connectivity index (χ3v) is 7.61. The van der Waals surface area contributed by atoms with Gasteiger partial charge in [-0.1, -0.05) is 24.3 Å². The van der Waals surface area contributed by atoms with Crippen molar-refractivity contribution in [3.05, 3.63) is 70.6 Å². The quantitative estimate of drug-likeness (QED) is 0.567. The number of rotatable bonds is 2. The molecule has 0 saturated heterocycles. The Morgan fingerprint density at radius 1 is 1.07 bits per heavy atom. The minimum absolute atomic E-state index is 0.101. The molecule has 0 aliphatic carbocycles. The van der Waals surface area contributed by atoms with Gasteiger partial charge in [-0.15, -0.1) is 11.3 Å². The third kappa shape index (κ3) is 3.44. The van der Waals surface area contributed by atoms with Crippen LogP contribution in [0.5, 0.6) is 0 Å². The summed E-state index contributed by atoms with van der Waals surface area (Å²) in [5, 5.41) is 0. The molecular formula is C20H14F3NO3S2. The first-order chi connectivity index (χ1) is 13.6. The molecule has 0 fully saturated rings. The highest BCUT2D eigenvalue weighted by atomic mass is 32.2. The molecule has 0 N–H and O–H groups in total. The molecule has 0 spiro atoms. The standard InChI is InChI=1S/C20H14F3NO3S2/c1-24(14-6-4-5-13(10-14)20(21,22)23)19(25)16-9-12-11-29(26,27)17-8-3-2-7-15(17)18(12)28-16/h2-10H,11H2,1H3. The molecule has 2 heterocycles. The lowest BCUT2D eigenvalue weighted by Crippen LogP contribution is -2.25. The summed E-state index contributed by atoms with van der Waals surface area (Å²) in [6, 6.07) is 12.6. The Labute approximate surface area is 169 Å². The Morgan fingerprint density at radius 2 is 1.79 bits per heavy atom. The molecule has 1 aromatic heterocycles. The zero-order valence-corrected chi connectivity index (χ0v) is 16.7.